The van der Waals surface area contributed by atoms with Crippen LogP contribution in [0.15, 0.2) is 0 Å². The van der Waals surface area contributed by atoms with Gasteiger partial charge in [0.15, 0.2) is 0 Å². The molecular weight excluding hydrogens is 1170 g/mol. The number of hydrogen-bond acceptors (Lipinski definition) is 0. The zero-order valence-electron chi connectivity index (χ0n) is 78.1. The molecule has 0 aromatic carbocycles. The first kappa shape index (κ1) is 118. The third-order valence-electron chi connectivity index (χ3n) is 21.4. The van der Waals surface area contributed by atoms with Gasteiger partial charge in [0.2, 0.25) is 0 Å². The Labute approximate surface area is 629 Å². The van der Waals surface area contributed by atoms with Gasteiger partial charge in [0.25, 0.3) is 0 Å². The maximum atomic E-state index is 2.40. The molecule has 4 saturated carbocycles. The van der Waals surface area contributed by atoms with Crippen molar-refractivity contribution in [1.82, 2.24) is 0 Å². The van der Waals surface area contributed by atoms with Crippen LogP contribution in [0.5, 0.6) is 0 Å². The topological polar surface area (TPSA) is 0 Å². The van der Waals surface area contributed by atoms with E-state index in [1.165, 1.54) is 250 Å². The maximum Gasteiger partial charge on any atom is -0.0323 e. The van der Waals surface area contributed by atoms with Crippen molar-refractivity contribution in [3.63, 3.8) is 0 Å². The predicted octanol–water partition coefficient (Wildman–Crippen LogP) is 37.8. The van der Waals surface area contributed by atoms with E-state index in [2.05, 4.69) is 284 Å². The molecule has 0 N–H and O–H groups in total. The van der Waals surface area contributed by atoms with Crippen molar-refractivity contribution < 1.29 is 0 Å². The summed E-state index contributed by atoms with van der Waals surface area (Å²) in [7, 11) is 0. The molecule has 0 bridgehead atoms. The second kappa shape index (κ2) is 83.3. The molecule has 4 fully saturated rings. The molecule has 0 nitrogen and oxygen atoms in total. The fourth-order valence-electron chi connectivity index (χ4n) is 11.7. The van der Waals surface area contributed by atoms with Crippen molar-refractivity contribution in [1.29, 1.82) is 0 Å². The van der Waals surface area contributed by atoms with Crippen LogP contribution in [0, 0.1) is 98.6 Å². The average Bonchev–Trinajstić information content (AvgIpc) is 1.66. The summed E-state index contributed by atoms with van der Waals surface area (Å²) < 4.78 is 0. The second-order valence-corrected chi connectivity index (χ2v) is 37.7. The highest BCUT2D eigenvalue weighted by atomic mass is 14.5. The van der Waals surface area contributed by atoms with E-state index in [4.69, 9.17) is 0 Å². The van der Waals surface area contributed by atoms with Crippen LogP contribution < -0.4 is 0 Å². The lowest BCUT2D eigenvalue weighted by molar-refractivity contribution is 0.179. The molecule has 0 radical (unpaired) electrons. The number of rotatable bonds is 25. The predicted molar refractivity (Wildman–Crippen MR) is 468 cm³/mol. The minimum Gasteiger partial charge on any atom is -0.0654 e. The van der Waals surface area contributed by atoms with Crippen molar-refractivity contribution in [2.24, 2.45) is 98.6 Å². The molecule has 602 valence electrons. The zero-order valence-corrected chi connectivity index (χ0v) is 78.1. The molecular formula is C97H214. The molecule has 0 aromatic heterocycles. The van der Waals surface area contributed by atoms with E-state index in [0.29, 0.717) is 21.7 Å². The van der Waals surface area contributed by atoms with Crippen molar-refractivity contribution in [2.75, 3.05) is 0 Å². The summed E-state index contributed by atoms with van der Waals surface area (Å²) in [5.74, 6) is 12.5. The lowest BCUT2D eigenvalue weighted by atomic mass is 9.74. The largest absolute Gasteiger partial charge is 0.0654 e. The van der Waals surface area contributed by atoms with Gasteiger partial charge in [-0.1, -0.05) is 502 Å². The zero-order chi connectivity index (χ0) is 78.1. The first-order valence-electron chi connectivity index (χ1n) is 45.0. The summed E-state index contributed by atoms with van der Waals surface area (Å²) in [6, 6.07) is 0. The van der Waals surface area contributed by atoms with Crippen molar-refractivity contribution in [3.8, 4) is 0 Å². The lowest BCUT2D eigenvalue weighted by Gasteiger charge is -2.31. The summed E-state index contributed by atoms with van der Waals surface area (Å²) in [6.07, 6.45) is 54.5. The Morgan fingerprint density at radius 2 is 0.660 bits per heavy atom. The van der Waals surface area contributed by atoms with Gasteiger partial charge in [-0.3, -0.25) is 0 Å². The van der Waals surface area contributed by atoms with E-state index >= 15 is 0 Å². The Morgan fingerprint density at radius 1 is 0.330 bits per heavy atom. The Bertz CT molecular complexity index is 1240. The van der Waals surface area contributed by atoms with Crippen molar-refractivity contribution in [2.45, 2.75) is 534 Å². The summed E-state index contributed by atoms with van der Waals surface area (Å²) in [4.78, 5) is 0. The van der Waals surface area contributed by atoms with E-state index in [-0.39, 0.29) is 0 Å². The number of unbranched alkanes of at least 4 members (excludes halogenated alkanes) is 6. The van der Waals surface area contributed by atoms with Gasteiger partial charge in [-0.15, -0.1) is 0 Å². The minimum atomic E-state index is 0.542. The molecule has 0 aliphatic heterocycles. The molecule has 4 aliphatic carbocycles. The molecule has 0 spiro atoms. The normalized spacial score (nSPS) is 17.7. The van der Waals surface area contributed by atoms with Crippen LogP contribution in [0.1, 0.15) is 534 Å². The molecule has 4 aliphatic rings. The van der Waals surface area contributed by atoms with Gasteiger partial charge in [-0.2, -0.15) is 0 Å². The third kappa shape index (κ3) is 117. The van der Waals surface area contributed by atoms with E-state index < -0.39 is 0 Å². The molecule has 3 atom stereocenters. The Hall–Kier alpha value is 0. The summed E-state index contributed by atoms with van der Waals surface area (Å²) in [6.45, 7) is 93.5. The average molecular weight is 1380 g/mol. The van der Waals surface area contributed by atoms with Crippen LogP contribution in [-0.4, -0.2) is 0 Å². The van der Waals surface area contributed by atoms with Gasteiger partial charge in [0, 0.05) is 0 Å². The molecule has 2 unspecified atom stereocenters. The first-order chi connectivity index (χ1) is 45.0. The molecule has 0 amide bonds. The minimum absolute atomic E-state index is 0.542. The molecule has 0 heteroatoms. The highest BCUT2D eigenvalue weighted by Gasteiger charge is 2.43. The second-order valence-electron chi connectivity index (χ2n) is 37.7. The highest BCUT2D eigenvalue weighted by Crippen LogP contribution is 2.53. The van der Waals surface area contributed by atoms with Gasteiger partial charge in [-0.25, -0.2) is 0 Å². The van der Waals surface area contributed by atoms with E-state index in [0.717, 1.165) is 76.9 Å². The van der Waals surface area contributed by atoms with E-state index in [1.807, 2.05) is 0 Å². The van der Waals surface area contributed by atoms with Crippen LogP contribution in [0.2, 0.25) is 0 Å². The van der Waals surface area contributed by atoms with Crippen LogP contribution in [-0.2, 0) is 0 Å². The lowest BCUT2D eigenvalue weighted by Crippen LogP contribution is -2.24. The summed E-state index contributed by atoms with van der Waals surface area (Å²) >= 11 is 0. The smallest absolute Gasteiger partial charge is 0.0323 e. The van der Waals surface area contributed by atoms with Crippen molar-refractivity contribution in [3.05, 3.63) is 0 Å². The van der Waals surface area contributed by atoms with Gasteiger partial charge >= 0.3 is 0 Å². The third-order valence-corrected chi connectivity index (χ3v) is 21.4. The molecule has 0 aromatic rings. The Balaban J connectivity index is -0.000000105. The van der Waals surface area contributed by atoms with Crippen LogP contribution in [0.25, 0.3) is 0 Å². The Morgan fingerprint density at radius 3 is 0.753 bits per heavy atom. The molecule has 4 rings (SSSR count). The SMILES string of the molecule is CC1C(C)(C)CCC1(C)C.CC1CC(C)C(C)C1.CC1CCCCC1.CCC(C)(C)C.CCC(C)CC.CCC(CC)CC.CCCC(C)(C)C.CCCC(C)C.CCCC(C)C.CCCC1CC1.CCCCC(C)C.CCCCC(C)C.CCCCCCC.CCC[C@H](C)CC. The maximum absolute atomic E-state index is 2.40. The monoisotopic (exact) mass is 1380 g/mol. The summed E-state index contributed by atoms with van der Waals surface area (Å²) in [5, 5.41) is 0. The molecule has 97 heavy (non-hydrogen) atoms. The highest BCUT2D eigenvalue weighted by molar-refractivity contribution is 4.93. The van der Waals surface area contributed by atoms with Crippen LogP contribution in [0.4, 0.5) is 0 Å². The van der Waals surface area contributed by atoms with E-state index in [9.17, 15) is 0 Å². The quantitative estimate of drug-likeness (QED) is 0.0799. The standard InChI is InChI=1S/C10H20.C8H16.C7H14.6C7H16.C6H12.4C6H14/c1-8-9(2,3)6-7-10(8,4)5;1-6-4-7(2)8(3)5-6;1-7-5-3-2-4-6-7;1-5-6-7(2,3)4;2*1-4-5-6-7(2)3;1-4-6-7(3)5-2;1-4-7(5-2)6-3;1-3-5-7-6-4-2;1-2-3-6-4-5-6;1-5-6(2,3)4;2*1-4-5-6(2)3;1-4-6(3)5-2/h8H,6-7H2,1-5H3;6-8H,4-5H2,1-3H3;7H,2-6H2,1H3;5-6H2,1-4H3;4*7H,4-6H2,1-3H3;3-7H2,1-2H3;6H,2-5H2,1H3;5H2,1-4H3;3*6H,4-5H2,1-3H3/t;;;;;;7-;;;;;;;/m......1......./s1. The fraction of sp³-hybridized carbons (Fsp3) is 1.00. The molecule has 0 heterocycles. The van der Waals surface area contributed by atoms with Gasteiger partial charge in [-0.05, 0) is 131 Å². The van der Waals surface area contributed by atoms with Gasteiger partial charge in [0.05, 0.1) is 0 Å². The molecule has 0 saturated heterocycles. The van der Waals surface area contributed by atoms with Gasteiger partial charge < -0.3 is 0 Å². The van der Waals surface area contributed by atoms with Crippen molar-refractivity contribution >= 4 is 0 Å². The number of hydrogen-bond donors (Lipinski definition) is 0. The van der Waals surface area contributed by atoms with Crippen LogP contribution in [0.3, 0.4) is 0 Å². The fourth-order valence-corrected chi connectivity index (χ4v) is 11.7. The van der Waals surface area contributed by atoms with Gasteiger partial charge in [0.1, 0.15) is 0 Å². The van der Waals surface area contributed by atoms with E-state index in [1.54, 1.807) is 0 Å². The summed E-state index contributed by atoms with van der Waals surface area (Å²) in [5.41, 5.74) is 2.27. The Kier molecular flexibility index (Phi) is 101. The van der Waals surface area contributed by atoms with Crippen LogP contribution >= 0.6 is 0 Å². The first-order valence-corrected chi connectivity index (χ1v) is 45.0.